The lowest BCUT2D eigenvalue weighted by molar-refractivity contribution is 0.185. The fourth-order valence-electron chi connectivity index (χ4n) is 2.86. The zero-order valence-corrected chi connectivity index (χ0v) is 12.3. The van der Waals surface area contributed by atoms with Crippen LogP contribution in [-0.2, 0) is 16.9 Å². The minimum atomic E-state index is -0.449. The second-order valence-electron chi connectivity index (χ2n) is 5.77. The van der Waals surface area contributed by atoms with E-state index in [0.29, 0.717) is 24.1 Å². The number of para-hydroxylation sites is 1. The van der Waals surface area contributed by atoms with Gasteiger partial charge in [-0.05, 0) is 25.3 Å². The maximum atomic E-state index is 6.25. The van der Waals surface area contributed by atoms with Crippen LogP contribution >= 0.6 is 0 Å². The Morgan fingerprint density at radius 2 is 2.14 bits per heavy atom. The third kappa shape index (κ3) is 1.95. The molecule has 3 aromatic rings. The molecule has 0 saturated heterocycles. The summed E-state index contributed by atoms with van der Waals surface area (Å²) < 4.78 is 16.6. The van der Waals surface area contributed by atoms with Crippen LogP contribution in [0.15, 0.2) is 33.2 Å². The lowest BCUT2D eigenvalue weighted by Gasteiger charge is -2.34. The van der Waals surface area contributed by atoms with Gasteiger partial charge >= 0.3 is 0 Å². The van der Waals surface area contributed by atoms with E-state index in [9.17, 15) is 0 Å². The van der Waals surface area contributed by atoms with Crippen molar-refractivity contribution in [3.05, 3.63) is 35.7 Å². The summed E-state index contributed by atoms with van der Waals surface area (Å²) in [5, 5.41) is 5.04. The van der Waals surface area contributed by atoms with Gasteiger partial charge in [0.2, 0.25) is 0 Å². The van der Waals surface area contributed by atoms with Crippen molar-refractivity contribution in [3.8, 4) is 11.7 Å². The van der Waals surface area contributed by atoms with E-state index in [1.54, 1.807) is 7.11 Å². The van der Waals surface area contributed by atoms with Gasteiger partial charge in [-0.2, -0.15) is 4.98 Å². The quantitative estimate of drug-likeness (QED) is 0.797. The Kier molecular flexibility index (Phi) is 3.02. The van der Waals surface area contributed by atoms with Crippen LogP contribution in [0.25, 0.3) is 22.6 Å². The van der Waals surface area contributed by atoms with Crippen molar-refractivity contribution in [3.63, 3.8) is 0 Å². The molecule has 1 saturated carbocycles. The summed E-state index contributed by atoms with van der Waals surface area (Å²) in [6.45, 7) is 0.415. The highest BCUT2D eigenvalue weighted by molar-refractivity contribution is 5.86. The van der Waals surface area contributed by atoms with Crippen molar-refractivity contribution in [2.75, 3.05) is 7.11 Å². The first-order valence-corrected chi connectivity index (χ1v) is 7.34. The number of hydrogen-bond donors (Lipinski definition) is 1. The van der Waals surface area contributed by atoms with E-state index in [1.807, 2.05) is 24.3 Å². The van der Waals surface area contributed by atoms with Gasteiger partial charge in [-0.25, -0.2) is 0 Å². The Hall–Kier alpha value is -2.18. The number of furan rings is 1. The lowest BCUT2D eigenvalue weighted by Crippen LogP contribution is -2.44. The molecule has 4 rings (SSSR count). The summed E-state index contributed by atoms with van der Waals surface area (Å²) in [6.07, 6.45) is 2.87. The van der Waals surface area contributed by atoms with Crippen molar-refractivity contribution < 1.29 is 13.7 Å². The van der Waals surface area contributed by atoms with Gasteiger partial charge in [0, 0.05) is 18.1 Å². The number of methoxy groups -OCH3 is 1. The number of nitrogens with two attached hydrogens (primary N) is 1. The minimum absolute atomic E-state index is 0.356. The molecule has 0 aliphatic heterocycles. The molecular weight excluding hydrogens is 282 g/mol. The molecule has 6 nitrogen and oxygen atoms in total. The van der Waals surface area contributed by atoms with E-state index in [4.69, 9.17) is 19.4 Å². The maximum Gasteiger partial charge on any atom is 0.294 e. The van der Waals surface area contributed by atoms with Crippen molar-refractivity contribution >= 4 is 11.0 Å². The summed E-state index contributed by atoms with van der Waals surface area (Å²) in [6, 6.07) is 7.79. The maximum absolute atomic E-state index is 6.25. The fourth-order valence-corrected chi connectivity index (χ4v) is 2.86. The number of benzene rings is 1. The number of nitrogens with zero attached hydrogens (tertiary/aromatic N) is 2. The molecule has 6 heteroatoms. The van der Waals surface area contributed by atoms with Crippen molar-refractivity contribution in [1.82, 2.24) is 10.1 Å². The highest BCUT2D eigenvalue weighted by atomic mass is 16.5. The normalized spacial score (nSPS) is 16.8. The van der Waals surface area contributed by atoms with Gasteiger partial charge in [0.25, 0.3) is 5.89 Å². The molecule has 0 amide bonds. The first-order valence-electron chi connectivity index (χ1n) is 7.34. The number of aromatic nitrogens is 2. The second kappa shape index (κ2) is 4.93. The van der Waals surface area contributed by atoms with Crippen LogP contribution < -0.4 is 5.73 Å². The third-order valence-corrected chi connectivity index (χ3v) is 4.30. The second-order valence-corrected chi connectivity index (χ2v) is 5.77. The fraction of sp³-hybridized carbons (Fsp3) is 0.375. The molecular formula is C16H17N3O3. The Morgan fingerprint density at radius 1 is 1.32 bits per heavy atom. The van der Waals surface area contributed by atoms with Crippen LogP contribution in [0.3, 0.4) is 0 Å². The SMILES string of the molecule is COCc1c(-c2nc(C3(N)CCC3)no2)oc2ccccc12. The molecule has 1 aliphatic rings. The lowest BCUT2D eigenvalue weighted by atomic mass is 9.77. The van der Waals surface area contributed by atoms with Crippen molar-refractivity contribution in [1.29, 1.82) is 0 Å². The molecule has 2 aromatic heterocycles. The Balaban J connectivity index is 1.81. The summed E-state index contributed by atoms with van der Waals surface area (Å²) in [5.41, 5.74) is 7.48. The summed E-state index contributed by atoms with van der Waals surface area (Å²) in [7, 11) is 1.65. The number of rotatable bonds is 4. The van der Waals surface area contributed by atoms with E-state index >= 15 is 0 Å². The highest BCUT2D eigenvalue weighted by Gasteiger charge is 2.39. The van der Waals surface area contributed by atoms with Crippen LogP contribution in [0.4, 0.5) is 0 Å². The van der Waals surface area contributed by atoms with Gasteiger partial charge in [-0.15, -0.1) is 0 Å². The topological polar surface area (TPSA) is 87.3 Å². The Bertz CT molecular complexity index is 817. The third-order valence-electron chi connectivity index (χ3n) is 4.30. The van der Waals surface area contributed by atoms with Crippen molar-refractivity contribution in [2.24, 2.45) is 5.73 Å². The molecule has 1 fully saturated rings. The largest absolute Gasteiger partial charge is 0.450 e. The standard InChI is InChI=1S/C16H17N3O3/c1-20-9-11-10-5-2-3-6-12(10)21-13(11)14-18-15(19-22-14)16(17)7-4-8-16/h2-3,5-6H,4,7-9,17H2,1H3. The number of fused-ring (bicyclic) bond motifs is 1. The molecule has 0 atom stereocenters. The van der Waals surface area contributed by atoms with Gasteiger partial charge in [0.05, 0.1) is 12.1 Å². The van der Waals surface area contributed by atoms with E-state index < -0.39 is 5.54 Å². The molecule has 0 unspecified atom stereocenters. The van der Waals surface area contributed by atoms with Gasteiger partial charge in [0.1, 0.15) is 5.58 Å². The zero-order valence-electron chi connectivity index (χ0n) is 12.3. The van der Waals surface area contributed by atoms with E-state index in [-0.39, 0.29) is 0 Å². The molecule has 114 valence electrons. The van der Waals surface area contributed by atoms with Gasteiger partial charge in [0.15, 0.2) is 11.6 Å². The highest BCUT2D eigenvalue weighted by Crippen LogP contribution is 2.39. The molecule has 0 spiro atoms. The van der Waals surface area contributed by atoms with E-state index in [2.05, 4.69) is 10.1 Å². The van der Waals surface area contributed by atoms with Gasteiger partial charge in [-0.3, -0.25) is 0 Å². The number of ether oxygens (including phenoxy) is 1. The predicted molar refractivity (Wildman–Crippen MR) is 79.9 cm³/mol. The number of hydrogen-bond acceptors (Lipinski definition) is 6. The van der Waals surface area contributed by atoms with Crippen LogP contribution in [0.5, 0.6) is 0 Å². The minimum Gasteiger partial charge on any atom is -0.450 e. The molecule has 22 heavy (non-hydrogen) atoms. The molecule has 0 bridgehead atoms. The van der Waals surface area contributed by atoms with Gasteiger partial charge < -0.3 is 19.4 Å². The van der Waals surface area contributed by atoms with Gasteiger partial charge in [-0.1, -0.05) is 23.4 Å². The summed E-state index contributed by atoms with van der Waals surface area (Å²) in [5.74, 6) is 1.47. The smallest absolute Gasteiger partial charge is 0.294 e. The van der Waals surface area contributed by atoms with Crippen LogP contribution in [0.2, 0.25) is 0 Å². The molecule has 0 radical (unpaired) electrons. The van der Waals surface area contributed by atoms with E-state index in [0.717, 1.165) is 35.8 Å². The first-order chi connectivity index (χ1) is 10.7. The summed E-state index contributed by atoms with van der Waals surface area (Å²) in [4.78, 5) is 4.46. The van der Waals surface area contributed by atoms with Crippen LogP contribution in [-0.4, -0.2) is 17.3 Å². The Morgan fingerprint density at radius 3 is 2.86 bits per heavy atom. The molecule has 2 N–H and O–H groups in total. The van der Waals surface area contributed by atoms with Crippen LogP contribution in [0, 0.1) is 0 Å². The molecule has 2 heterocycles. The monoisotopic (exact) mass is 299 g/mol. The zero-order chi connectivity index (χ0) is 15.2. The Labute approximate surface area is 127 Å². The van der Waals surface area contributed by atoms with E-state index in [1.165, 1.54) is 0 Å². The molecule has 1 aliphatic carbocycles. The van der Waals surface area contributed by atoms with Crippen molar-refractivity contribution in [2.45, 2.75) is 31.4 Å². The average molecular weight is 299 g/mol. The molecule has 1 aromatic carbocycles. The first kappa shape index (κ1) is 13.5. The van der Waals surface area contributed by atoms with Crippen LogP contribution in [0.1, 0.15) is 30.7 Å². The summed E-state index contributed by atoms with van der Waals surface area (Å²) >= 11 is 0. The average Bonchev–Trinajstić information content (AvgIpc) is 3.11. The predicted octanol–water partition coefficient (Wildman–Crippen LogP) is 2.97.